The maximum absolute atomic E-state index is 5.52. The number of nitrogens with zero attached hydrogens (tertiary/aromatic N) is 1. The van der Waals surface area contributed by atoms with E-state index in [2.05, 4.69) is 41.2 Å². The van der Waals surface area contributed by atoms with Gasteiger partial charge in [-0.2, -0.15) is 0 Å². The van der Waals surface area contributed by atoms with Crippen molar-refractivity contribution in [1.29, 1.82) is 0 Å². The molecular formula is C15H22N2O. The van der Waals surface area contributed by atoms with Gasteiger partial charge in [-0.1, -0.05) is 6.92 Å². The lowest BCUT2D eigenvalue weighted by Gasteiger charge is -2.07. The van der Waals surface area contributed by atoms with Crippen molar-refractivity contribution in [2.24, 2.45) is 0 Å². The van der Waals surface area contributed by atoms with Crippen molar-refractivity contribution in [2.45, 2.75) is 26.8 Å². The molecule has 2 rings (SSSR count). The molecule has 0 bridgehead atoms. The third-order valence-corrected chi connectivity index (χ3v) is 3.06. The summed E-state index contributed by atoms with van der Waals surface area (Å²) >= 11 is 0. The predicted molar refractivity (Wildman–Crippen MR) is 76.3 cm³/mol. The smallest absolute Gasteiger partial charge is 0.120 e. The fraction of sp³-hybridized carbons (Fsp3) is 0.467. The number of aromatic nitrogens is 1. The summed E-state index contributed by atoms with van der Waals surface area (Å²) in [6.07, 6.45) is 3.32. The first kappa shape index (κ1) is 13.0. The van der Waals surface area contributed by atoms with Gasteiger partial charge in [-0.3, -0.25) is 0 Å². The number of ether oxygens (including phenoxy) is 1. The number of rotatable bonds is 7. The third-order valence-electron chi connectivity index (χ3n) is 3.06. The van der Waals surface area contributed by atoms with Crippen LogP contribution >= 0.6 is 0 Å². The molecule has 0 aliphatic heterocycles. The maximum Gasteiger partial charge on any atom is 0.120 e. The Hall–Kier alpha value is -1.48. The van der Waals surface area contributed by atoms with Crippen molar-refractivity contribution < 1.29 is 4.74 Å². The summed E-state index contributed by atoms with van der Waals surface area (Å²) in [7, 11) is 0. The van der Waals surface area contributed by atoms with E-state index in [4.69, 9.17) is 4.74 Å². The van der Waals surface area contributed by atoms with E-state index in [1.165, 1.54) is 10.9 Å². The SMILES string of the molecule is CCNCCCn1ccc2cc(OCC)ccc21. The van der Waals surface area contributed by atoms with Crippen LogP contribution in [0.2, 0.25) is 0 Å². The van der Waals surface area contributed by atoms with Gasteiger partial charge < -0.3 is 14.6 Å². The minimum atomic E-state index is 0.717. The normalized spacial score (nSPS) is 11.0. The summed E-state index contributed by atoms with van der Waals surface area (Å²) in [5, 5.41) is 4.61. The molecule has 1 aromatic carbocycles. The second-order valence-corrected chi connectivity index (χ2v) is 4.37. The van der Waals surface area contributed by atoms with Crippen LogP contribution in [0.15, 0.2) is 30.5 Å². The first-order valence-electron chi connectivity index (χ1n) is 6.77. The molecule has 98 valence electrons. The Morgan fingerprint density at radius 1 is 1.22 bits per heavy atom. The summed E-state index contributed by atoms with van der Waals surface area (Å²) in [6, 6.07) is 8.46. The lowest BCUT2D eigenvalue weighted by Crippen LogP contribution is -2.15. The molecule has 0 spiro atoms. The Bertz CT molecular complexity index is 490. The second kappa shape index (κ2) is 6.45. The fourth-order valence-corrected chi connectivity index (χ4v) is 2.18. The Balaban J connectivity index is 2.06. The lowest BCUT2D eigenvalue weighted by atomic mass is 10.2. The highest BCUT2D eigenvalue weighted by molar-refractivity contribution is 5.81. The highest BCUT2D eigenvalue weighted by Gasteiger charge is 2.02. The maximum atomic E-state index is 5.52. The first-order valence-corrected chi connectivity index (χ1v) is 6.77. The van der Waals surface area contributed by atoms with Crippen LogP contribution in [0.1, 0.15) is 20.3 Å². The molecule has 0 saturated heterocycles. The monoisotopic (exact) mass is 246 g/mol. The van der Waals surface area contributed by atoms with E-state index in [-0.39, 0.29) is 0 Å². The molecule has 0 unspecified atom stereocenters. The highest BCUT2D eigenvalue weighted by atomic mass is 16.5. The highest BCUT2D eigenvalue weighted by Crippen LogP contribution is 2.22. The average Bonchev–Trinajstić information content (AvgIpc) is 2.78. The number of hydrogen-bond acceptors (Lipinski definition) is 2. The van der Waals surface area contributed by atoms with E-state index >= 15 is 0 Å². The molecule has 3 nitrogen and oxygen atoms in total. The number of aryl methyl sites for hydroxylation is 1. The summed E-state index contributed by atoms with van der Waals surface area (Å²) in [5.41, 5.74) is 1.29. The van der Waals surface area contributed by atoms with Crippen molar-refractivity contribution >= 4 is 10.9 Å². The van der Waals surface area contributed by atoms with Gasteiger partial charge >= 0.3 is 0 Å². The number of fused-ring (bicyclic) bond motifs is 1. The van der Waals surface area contributed by atoms with Crippen LogP contribution in [-0.4, -0.2) is 24.3 Å². The first-order chi connectivity index (χ1) is 8.85. The zero-order valence-corrected chi connectivity index (χ0v) is 11.3. The molecule has 0 amide bonds. The van der Waals surface area contributed by atoms with Crippen molar-refractivity contribution in [1.82, 2.24) is 9.88 Å². The van der Waals surface area contributed by atoms with E-state index < -0.39 is 0 Å². The summed E-state index contributed by atoms with van der Waals surface area (Å²) < 4.78 is 7.82. The van der Waals surface area contributed by atoms with E-state index in [1.54, 1.807) is 0 Å². The quantitative estimate of drug-likeness (QED) is 0.760. The largest absolute Gasteiger partial charge is 0.494 e. The van der Waals surface area contributed by atoms with Crippen LogP contribution in [0, 0.1) is 0 Å². The van der Waals surface area contributed by atoms with Crippen LogP contribution in [0.3, 0.4) is 0 Å². The van der Waals surface area contributed by atoms with Crippen LogP contribution in [0.4, 0.5) is 0 Å². The number of hydrogen-bond donors (Lipinski definition) is 1. The molecule has 18 heavy (non-hydrogen) atoms. The Labute approximate surface area is 109 Å². The van der Waals surface area contributed by atoms with Crippen LogP contribution < -0.4 is 10.1 Å². The third kappa shape index (κ3) is 3.05. The van der Waals surface area contributed by atoms with Crippen LogP contribution in [0.25, 0.3) is 10.9 Å². The van der Waals surface area contributed by atoms with E-state index in [0.717, 1.165) is 38.4 Å². The molecule has 2 aromatic rings. The molecule has 1 N–H and O–H groups in total. The fourth-order valence-electron chi connectivity index (χ4n) is 2.18. The van der Waals surface area contributed by atoms with E-state index in [0.29, 0.717) is 0 Å². The predicted octanol–water partition coefficient (Wildman–Crippen LogP) is 3.04. The van der Waals surface area contributed by atoms with Gasteiger partial charge in [0.05, 0.1) is 6.61 Å². The molecule has 0 fully saturated rings. The van der Waals surface area contributed by atoms with Crippen molar-refractivity contribution in [3.8, 4) is 5.75 Å². The molecule has 0 aliphatic carbocycles. The number of nitrogens with one attached hydrogen (secondary N) is 1. The Morgan fingerprint density at radius 2 is 2.11 bits per heavy atom. The standard InChI is InChI=1S/C15H22N2O/c1-3-16-9-5-10-17-11-8-13-12-14(18-4-2)6-7-15(13)17/h6-8,11-12,16H,3-5,9-10H2,1-2H3. The van der Waals surface area contributed by atoms with Crippen LogP contribution in [-0.2, 0) is 6.54 Å². The summed E-state index contributed by atoms with van der Waals surface area (Å²) in [5.74, 6) is 0.954. The van der Waals surface area contributed by atoms with Gasteiger partial charge in [0.25, 0.3) is 0 Å². The number of benzene rings is 1. The molecule has 0 atom stereocenters. The second-order valence-electron chi connectivity index (χ2n) is 4.37. The van der Waals surface area contributed by atoms with Crippen LogP contribution in [0.5, 0.6) is 5.75 Å². The molecule has 0 saturated carbocycles. The molecule has 3 heteroatoms. The average molecular weight is 246 g/mol. The van der Waals surface area contributed by atoms with E-state index in [1.807, 2.05) is 13.0 Å². The van der Waals surface area contributed by atoms with Gasteiger partial charge in [-0.25, -0.2) is 0 Å². The molecular weight excluding hydrogens is 224 g/mol. The molecule has 0 radical (unpaired) electrons. The topological polar surface area (TPSA) is 26.2 Å². The summed E-state index contributed by atoms with van der Waals surface area (Å²) in [6.45, 7) is 8.05. The molecule has 0 aliphatic rings. The van der Waals surface area contributed by atoms with Gasteiger partial charge in [0, 0.05) is 23.6 Å². The minimum Gasteiger partial charge on any atom is -0.494 e. The minimum absolute atomic E-state index is 0.717. The zero-order chi connectivity index (χ0) is 12.8. The van der Waals surface area contributed by atoms with Gasteiger partial charge in [-0.15, -0.1) is 0 Å². The van der Waals surface area contributed by atoms with E-state index in [9.17, 15) is 0 Å². The zero-order valence-electron chi connectivity index (χ0n) is 11.3. The summed E-state index contributed by atoms with van der Waals surface area (Å²) in [4.78, 5) is 0. The Kier molecular flexibility index (Phi) is 4.65. The van der Waals surface area contributed by atoms with Crippen molar-refractivity contribution in [3.63, 3.8) is 0 Å². The Morgan fingerprint density at radius 3 is 2.89 bits per heavy atom. The lowest BCUT2D eigenvalue weighted by molar-refractivity contribution is 0.340. The van der Waals surface area contributed by atoms with Gasteiger partial charge in [0.15, 0.2) is 0 Å². The van der Waals surface area contributed by atoms with Crippen molar-refractivity contribution in [3.05, 3.63) is 30.5 Å². The van der Waals surface area contributed by atoms with Crippen molar-refractivity contribution in [2.75, 3.05) is 19.7 Å². The van der Waals surface area contributed by atoms with Gasteiger partial charge in [0.1, 0.15) is 5.75 Å². The van der Waals surface area contributed by atoms with Gasteiger partial charge in [0.2, 0.25) is 0 Å². The molecule has 1 aromatic heterocycles. The molecule has 1 heterocycles. The van der Waals surface area contributed by atoms with Gasteiger partial charge in [-0.05, 0) is 50.7 Å².